The minimum atomic E-state index is 0.291. The Labute approximate surface area is 210 Å². The second kappa shape index (κ2) is 11.7. The number of ether oxygens (including phenoxy) is 2. The predicted octanol–water partition coefficient (Wildman–Crippen LogP) is 7.25. The van der Waals surface area contributed by atoms with E-state index in [0.29, 0.717) is 6.79 Å². The molecule has 35 heavy (non-hydrogen) atoms. The van der Waals surface area contributed by atoms with E-state index in [-0.39, 0.29) is 0 Å². The third kappa shape index (κ3) is 5.71. The standard InChI is InChI=1S/C31H36N2O2/c1-5-32(6-2)27-17-13-25(14-18-27)29(26-15-19-28(20-16-26)33(7-3)8-4)11-9-10-24-12-21-30-31(22-24)35-23-34-30/h9-22H,5-8,23H2,1-4H3/b10-9+. The molecule has 3 aromatic rings. The number of rotatable bonds is 10. The van der Waals surface area contributed by atoms with E-state index in [1.54, 1.807) is 0 Å². The van der Waals surface area contributed by atoms with Gasteiger partial charge in [0, 0.05) is 37.6 Å². The van der Waals surface area contributed by atoms with Gasteiger partial charge in [-0.1, -0.05) is 48.6 Å². The molecule has 0 saturated carbocycles. The third-order valence-corrected chi connectivity index (χ3v) is 6.56. The summed E-state index contributed by atoms with van der Waals surface area (Å²) in [6.45, 7) is 13.1. The molecule has 4 rings (SSSR count). The molecule has 3 aromatic carbocycles. The molecule has 0 unspecified atom stereocenters. The molecule has 0 saturated heterocycles. The van der Waals surface area contributed by atoms with Crippen LogP contribution in [0.1, 0.15) is 44.4 Å². The molecular formula is C31H36N2O2. The van der Waals surface area contributed by atoms with E-state index < -0.39 is 0 Å². The third-order valence-electron chi connectivity index (χ3n) is 6.56. The SMILES string of the molecule is CCN(CC)c1ccc(C(=C/C=C/c2ccc3c(c2)OCO3)c2ccc(N(CC)CC)cc2)cc1. The summed E-state index contributed by atoms with van der Waals surface area (Å²) < 4.78 is 11.0. The molecule has 0 spiro atoms. The van der Waals surface area contributed by atoms with Gasteiger partial charge in [-0.3, -0.25) is 0 Å². The lowest BCUT2D eigenvalue weighted by atomic mass is 9.96. The van der Waals surface area contributed by atoms with Crippen LogP contribution in [0.4, 0.5) is 11.4 Å². The van der Waals surface area contributed by atoms with Gasteiger partial charge >= 0.3 is 0 Å². The highest BCUT2D eigenvalue weighted by Crippen LogP contribution is 2.33. The maximum absolute atomic E-state index is 5.52. The van der Waals surface area contributed by atoms with Crippen molar-refractivity contribution in [2.45, 2.75) is 27.7 Å². The summed E-state index contributed by atoms with van der Waals surface area (Å²) in [6.07, 6.45) is 6.42. The van der Waals surface area contributed by atoms with Gasteiger partial charge in [-0.2, -0.15) is 0 Å². The summed E-state index contributed by atoms with van der Waals surface area (Å²) in [5.41, 5.74) is 7.19. The van der Waals surface area contributed by atoms with Gasteiger partial charge in [-0.05, 0) is 86.4 Å². The van der Waals surface area contributed by atoms with Gasteiger partial charge < -0.3 is 19.3 Å². The largest absolute Gasteiger partial charge is 0.454 e. The molecule has 0 aromatic heterocycles. The van der Waals surface area contributed by atoms with Crippen molar-refractivity contribution < 1.29 is 9.47 Å². The summed E-state index contributed by atoms with van der Waals surface area (Å²) in [7, 11) is 0. The molecule has 182 valence electrons. The van der Waals surface area contributed by atoms with Crippen molar-refractivity contribution in [3.8, 4) is 11.5 Å². The molecule has 0 radical (unpaired) electrons. The van der Waals surface area contributed by atoms with Crippen molar-refractivity contribution >= 4 is 23.0 Å². The fraction of sp³-hybridized carbons (Fsp3) is 0.290. The molecule has 0 aliphatic carbocycles. The van der Waals surface area contributed by atoms with E-state index in [1.165, 1.54) is 28.1 Å². The van der Waals surface area contributed by atoms with Crippen molar-refractivity contribution in [2.24, 2.45) is 0 Å². The van der Waals surface area contributed by atoms with E-state index in [0.717, 1.165) is 43.2 Å². The molecule has 1 aliphatic rings. The lowest BCUT2D eigenvalue weighted by Crippen LogP contribution is -2.21. The first-order valence-corrected chi connectivity index (χ1v) is 12.7. The van der Waals surface area contributed by atoms with Gasteiger partial charge in [0.25, 0.3) is 0 Å². The van der Waals surface area contributed by atoms with Crippen LogP contribution in [0.3, 0.4) is 0 Å². The Morgan fingerprint density at radius 2 is 1.20 bits per heavy atom. The number of allylic oxidation sites excluding steroid dienone is 2. The second-order valence-corrected chi connectivity index (χ2v) is 8.49. The van der Waals surface area contributed by atoms with E-state index in [9.17, 15) is 0 Å². The number of anilines is 2. The Balaban J connectivity index is 1.66. The van der Waals surface area contributed by atoms with Gasteiger partial charge in [0.1, 0.15) is 0 Å². The highest BCUT2D eigenvalue weighted by atomic mass is 16.7. The average Bonchev–Trinajstić information content (AvgIpc) is 3.37. The maximum atomic E-state index is 5.52. The van der Waals surface area contributed by atoms with Crippen LogP contribution in [0.2, 0.25) is 0 Å². The smallest absolute Gasteiger partial charge is 0.231 e. The quantitative estimate of drug-likeness (QED) is 0.293. The Bertz CT molecular complexity index is 1100. The fourth-order valence-corrected chi connectivity index (χ4v) is 4.51. The van der Waals surface area contributed by atoms with Gasteiger partial charge in [0.05, 0.1) is 0 Å². The van der Waals surface area contributed by atoms with Crippen LogP contribution in [-0.2, 0) is 0 Å². The fourth-order valence-electron chi connectivity index (χ4n) is 4.51. The molecule has 0 bridgehead atoms. The number of nitrogens with zero attached hydrogens (tertiary/aromatic N) is 2. The van der Waals surface area contributed by atoms with E-state index >= 15 is 0 Å². The Morgan fingerprint density at radius 3 is 1.71 bits per heavy atom. The van der Waals surface area contributed by atoms with Gasteiger partial charge in [0.15, 0.2) is 11.5 Å². The molecule has 4 nitrogen and oxygen atoms in total. The van der Waals surface area contributed by atoms with Crippen molar-refractivity contribution in [3.63, 3.8) is 0 Å². The lowest BCUT2D eigenvalue weighted by molar-refractivity contribution is 0.174. The average molecular weight is 469 g/mol. The Kier molecular flexibility index (Phi) is 8.15. The van der Waals surface area contributed by atoms with Crippen LogP contribution >= 0.6 is 0 Å². The first-order valence-electron chi connectivity index (χ1n) is 12.7. The normalized spacial score (nSPS) is 12.1. The van der Waals surface area contributed by atoms with Gasteiger partial charge in [-0.15, -0.1) is 0 Å². The highest BCUT2D eigenvalue weighted by molar-refractivity contribution is 5.82. The topological polar surface area (TPSA) is 24.9 Å². The summed E-state index contributed by atoms with van der Waals surface area (Å²) >= 11 is 0. The zero-order valence-electron chi connectivity index (χ0n) is 21.3. The van der Waals surface area contributed by atoms with Crippen LogP contribution in [0.25, 0.3) is 11.6 Å². The van der Waals surface area contributed by atoms with Crippen LogP contribution in [0, 0.1) is 0 Å². The first-order chi connectivity index (χ1) is 17.2. The van der Waals surface area contributed by atoms with E-state index in [4.69, 9.17) is 9.47 Å². The van der Waals surface area contributed by atoms with E-state index in [2.05, 4.69) is 110 Å². The number of fused-ring (bicyclic) bond motifs is 1. The molecule has 4 heteroatoms. The first kappa shape index (κ1) is 24.5. The van der Waals surface area contributed by atoms with Gasteiger partial charge in [-0.25, -0.2) is 0 Å². The number of benzene rings is 3. The second-order valence-electron chi connectivity index (χ2n) is 8.49. The summed E-state index contributed by atoms with van der Waals surface area (Å²) in [5.74, 6) is 1.61. The molecular weight excluding hydrogens is 432 g/mol. The molecule has 0 fully saturated rings. The van der Waals surface area contributed by atoms with Crippen molar-refractivity contribution in [1.29, 1.82) is 0 Å². The Morgan fingerprint density at radius 1 is 0.686 bits per heavy atom. The summed E-state index contributed by atoms with van der Waals surface area (Å²) in [6, 6.07) is 23.8. The Hall–Kier alpha value is -3.66. The molecule has 0 atom stereocenters. The lowest BCUT2D eigenvalue weighted by Gasteiger charge is -2.22. The van der Waals surface area contributed by atoms with Crippen LogP contribution in [-0.4, -0.2) is 33.0 Å². The monoisotopic (exact) mass is 468 g/mol. The zero-order valence-corrected chi connectivity index (χ0v) is 21.3. The van der Waals surface area contributed by atoms with Crippen LogP contribution in [0.15, 0.2) is 78.9 Å². The minimum Gasteiger partial charge on any atom is -0.454 e. The van der Waals surface area contributed by atoms with Crippen LogP contribution in [0.5, 0.6) is 11.5 Å². The van der Waals surface area contributed by atoms with Crippen LogP contribution < -0.4 is 19.3 Å². The number of hydrogen-bond acceptors (Lipinski definition) is 4. The maximum Gasteiger partial charge on any atom is 0.231 e. The molecule has 0 N–H and O–H groups in total. The summed E-state index contributed by atoms with van der Waals surface area (Å²) in [5, 5.41) is 0. The molecule has 1 heterocycles. The van der Waals surface area contributed by atoms with Crippen molar-refractivity contribution in [1.82, 2.24) is 0 Å². The molecule has 1 aliphatic heterocycles. The predicted molar refractivity (Wildman–Crippen MR) is 149 cm³/mol. The van der Waals surface area contributed by atoms with Gasteiger partial charge in [0.2, 0.25) is 6.79 Å². The number of hydrogen-bond donors (Lipinski definition) is 0. The highest BCUT2D eigenvalue weighted by Gasteiger charge is 2.12. The van der Waals surface area contributed by atoms with Crippen molar-refractivity contribution in [2.75, 3.05) is 42.8 Å². The zero-order chi connectivity index (χ0) is 24.6. The molecule has 0 amide bonds. The summed E-state index contributed by atoms with van der Waals surface area (Å²) in [4.78, 5) is 4.73. The minimum absolute atomic E-state index is 0.291. The van der Waals surface area contributed by atoms with E-state index in [1.807, 2.05) is 12.1 Å². The van der Waals surface area contributed by atoms with Crippen molar-refractivity contribution in [3.05, 3.63) is 95.6 Å².